The zero-order chi connectivity index (χ0) is 13.4. The summed E-state index contributed by atoms with van der Waals surface area (Å²) in [6, 6.07) is 12.1. The average molecular weight is 293 g/mol. The Morgan fingerprint density at radius 3 is 2.79 bits per heavy atom. The highest BCUT2D eigenvalue weighted by Crippen LogP contribution is 2.23. The molecule has 0 aliphatic rings. The standard InChI is InChI=1S/C14H10ClFN2S/c15-11-5-2-6-12-13(11)17-14(19)18(12)8-9-3-1-4-10(16)7-9/h1-7H,8H2,(H,17,19). The van der Waals surface area contributed by atoms with Crippen molar-refractivity contribution in [2.45, 2.75) is 6.54 Å². The lowest BCUT2D eigenvalue weighted by molar-refractivity contribution is 0.623. The van der Waals surface area contributed by atoms with E-state index in [1.165, 1.54) is 12.1 Å². The molecule has 0 aliphatic carbocycles. The molecule has 1 heterocycles. The molecular formula is C14H10ClFN2S. The summed E-state index contributed by atoms with van der Waals surface area (Å²) in [6.45, 7) is 0.511. The fourth-order valence-electron chi connectivity index (χ4n) is 2.12. The molecule has 0 spiro atoms. The molecule has 1 aromatic heterocycles. The molecule has 96 valence electrons. The van der Waals surface area contributed by atoms with Gasteiger partial charge in [0, 0.05) is 0 Å². The first-order valence-electron chi connectivity index (χ1n) is 5.76. The van der Waals surface area contributed by atoms with Crippen LogP contribution in [-0.4, -0.2) is 9.55 Å². The first kappa shape index (κ1) is 12.4. The van der Waals surface area contributed by atoms with Gasteiger partial charge in [0.05, 0.1) is 22.6 Å². The van der Waals surface area contributed by atoms with Crippen LogP contribution in [0, 0.1) is 10.6 Å². The van der Waals surface area contributed by atoms with E-state index < -0.39 is 0 Å². The van der Waals surface area contributed by atoms with Crippen LogP contribution in [0.3, 0.4) is 0 Å². The lowest BCUT2D eigenvalue weighted by Gasteiger charge is -2.05. The number of aromatic nitrogens is 2. The number of H-pyrrole nitrogens is 1. The molecule has 0 amide bonds. The van der Waals surface area contributed by atoms with Crippen LogP contribution in [0.2, 0.25) is 5.02 Å². The second-order valence-corrected chi connectivity index (χ2v) is 5.07. The van der Waals surface area contributed by atoms with Crippen molar-refractivity contribution in [3.05, 3.63) is 63.6 Å². The summed E-state index contributed by atoms with van der Waals surface area (Å²) in [4.78, 5) is 3.08. The smallest absolute Gasteiger partial charge is 0.178 e. The van der Waals surface area contributed by atoms with Crippen molar-refractivity contribution in [1.29, 1.82) is 0 Å². The minimum atomic E-state index is -0.248. The largest absolute Gasteiger partial charge is 0.329 e. The summed E-state index contributed by atoms with van der Waals surface area (Å²) in [6.07, 6.45) is 0. The summed E-state index contributed by atoms with van der Waals surface area (Å²) < 4.78 is 15.7. The Hall–Kier alpha value is -1.65. The van der Waals surface area contributed by atoms with Crippen molar-refractivity contribution in [3.8, 4) is 0 Å². The topological polar surface area (TPSA) is 20.7 Å². The van der Waals surface area contributed by atoms with E-state index >= 15 is 0 Å². The number of nitrogens with zero attached hydrogens (tertiary/aromatic N) is 1. The molecule has 1 N–H and O–H groups in total. The van der Waals surface area contributed by atoms with Crippen molar-refractivity contribution in [3.63, 3.8) is 0 Å². The van der Waals surface area contributed by atoms with Gasteiger partial charge >= 0.3 is 0 Å². The van der Waals surface area contributed by atoms with Crippen LogP contribution in [0.4, 0.5) is 4.39 Å². The minimum absolute atomic E-state index is 0.248. The number of fused-ring (bicyclic) bond motifs is 1. The minimum Gasteiger partial charge on any atom is -0.329 e. The van der Waals surface area contributed by atoms with Crippen LogP contribution in [0.25, 0.3) is 11.0 Å². The van der Waals surface area contributed by atoms with Crippen LogP contribution < -0.4 is 0 Å². The maximum atomic E-state index is 13.2. The lowest BCUT2D eigenvalue weighted by atomic mass is 10.2. The molecule has 19 heavy (non-hydrogen) atoms. The van der Waals surface area contributed by atoms with Gasteiger partial charge in [-0.15, -0.1) is 0 Å². The first-order valence-corrected chi connectivity index (χ1v) is 6.55. The van der Waals surface area contributed by atoms with Crippen molar-refractivity contribution in [2.75, 3.05) is 0 Å². The van der Waals surface area contributed by atoms with Gasteiger partial charge in [0.2, 0.25) is 0 Å². The number of benzene rings is 2. The molecule has 3 rings (SSSR count). The highest BCUT2D eigenvalue weighted by Gasteiger charge is 2.07. The molecule has 5 heteroatoms. The molecule has 3 aromatic rings. The summed E-state index contributed by atoms with van der Waals surface area (Å²) in [5.74, 6) is -0.248. The number of nitrogens with one attached hydrogen (secondary N) is 1. The zero-order valence-electron chi connectivity index (χ0n) is 9.86. The lowest BCUT2D eigenvalue weighted by Crippen LogP contribution is -1.99. The highest BCUT2D eigenvalue weighted by atomic mass is 35.5. The van der Waals surface area contributed by atoms with Gasteiger partial charge in [0.15, 0.2) is 4.77 Å². The van der Waals surface area contributed by atoms with Crippen molar-refractivity contribution >= 4 is 34.9 Å². The van der Waals surface area contributed by atoms with Gasteiger partial charge in [0.1, 0.15) is 5.82 Å². The van der Waals surface area contributed by atoms with Crippen LogP contribution in [0.1, 0.15) is 5.56 Å². The van der Waals surface area contributed by atoms with E-state index in [9.17, 15) is 4.39 Å². The van der Waals surface area contributed by atoms with Crippen LogP contribution in [-0.2, 0) is 6.54 Å². The molecule has 0 bridgehead atoms. The molecule has 2 aromatic carbocycles. The summed E-state index contributed by atoms with van der Waals surface area (Å²) >= 11 is 11.4. The predicted octanol–water partition coefficient (Wildman–Crippen LogP) is 4.54. The van der Waals surface area contributed by atoms with Gasteiger partial charge in [-0.05, 0) is 42.0 Å². The Bertz CT molecular complexity index is 807. The molecule has 0 fully saturated rings. The Balaban J connectivity index is 2.13. The molecule has 0 saturated heterocycles. The van der Waals surface area contributed by atoms with Gasteiger partial charge < -0.3 is 9.55 Å². The average Bonchev–Trinajstić information content (AvgIpc) is 2.69. The van der Waals surface area contributed by atoms with E-state index in [2.05, 4.69) is 4.98 Å². The normalized spacial score (nSPS) is 11.1. The number of para-hydroxylation sites is 1. The third kappa shape index (κ3) is 2.29. The number of hydrogen-bond donors (Lipinski definition) is 1. The molecule has 0 aliphatic heterocycles. The quantitative estimate of drug-likeness (QED) is 0.688. The Morgan fingerprint density at radius 2 is 2.00 bits per heavy atom. The highest BCUT2D eigenvalue weighted by molar-refractivity contribution is 7.71. The van der Waals surface area contributed by atoms with Crippen LogP contribution >= 0.6 is 23.8 Å². The number of aromatic amines is 1. The summed E-state index contributed by atoms with van der Waals surface area (Å²) in [5, 5.41) is 0.626. The molecule has 2 nitrogen and oxygen atoms in total. The number of imidazole rings is 1. The molecule has 0 saturated carbocycles. The SMILES string of the molecule is Fc1cccc(Cn2c(=S)[nH]c3c(Cl)cccc32)c1. The second kappa shape index (κ2) is 4.79. The van der Waals surface area contributed by atoms with E-state index in [0.29, 0.717) is 16.3 Å². The number of rotatable bonds is 2. The van der Waals surface area contributed by atoms with E-state index in [0.717, 1.165) is 16.6 Å². The van der Waals surface area contributed by atoms with E-state index in [1.54, 1.807) is 6.07 Å². The first-order chi connectivity index (χ1) is 9.15. The molecular weight excluding hydrogens is 283 g/mol. The van der Waals surface area contributed by atoms with Gasteiger partial charge in [-0.3, -0.25) is 0 Å². The monoisotopic (exact) mass is 292 g/mol. The summed E-state index contributed by atoms with van der Waals surface area (Å²) in [5.41, 5.74) is 2.59. The Kier molecular flexibility index (Phi) is 3.12. The molecule has 0 atom stereocenters. The number of halogens is 2. The van der Waals surface area contributed by atoms with Gasteiger partial charge in [-0.1, -0.05) is 29.8 Å². The Labute approximate surface area is 119 Å². The van der Waals surface area contributed by atoms with E-state index in [1.807, 2.05) is 28.8 Å². The van der Waals surface area contributed by atoms with Crippen molar-refractivity contribution in [1.82, 2.24) is 9.55 Å². The van der Waals surface area contributed by atoms with Gasteiger partial charge in [-0.2, -0.15) is 0 Å². The Morgan fingerprint density at radius 1 is 1.21 bits per heavy atom. The van der Waals surface area contributed by atoms with Gasteiger partial charge in [0.25, 0.3) is 0 Å². The fourth-order valence-corrected chi connectivity index (χ4v) is 2.60. The summed E-state index contributed by atoms with van der Waals surface area (Å²) in [7, 11) is 0. The van der Waals surface area contributed by atoms with E-state index in [4.69, 9.17) is 23.8 Å². The fraction of sp³-hybridized carbons (Fsp3) is 0.0714. The third-order valence-corrected chi connectivity index (χ3v) is 3.63. The van der Waals surface area contributed by atoms with Gasteiger partial charge in [-0.25, -0.2) is 4.39 Å². The second-order valence-electron chi connectivity index (χ2n) is 4.28. The molecule has 0 unspecified atom stereocenters. The number of hydrogen-bond acceptors (Lipinski definition) is 1. The van der Waals surface area contributed by atoms with Crippen LogP contribution in [0.5, 0.6) is 0 Å². The maximum absolute atomic E-state index is 13.2. The third-order valence-electron chi connectivity index (χ3n) is 2.99. The van der Waals surface area contributed by atoms with E-state index in [-0.39, 0.29) is 5.82 Å². The van der Waals surface area contributed by atoms with Crippen molar-refractivity contribution in [2.24, 2.45) is 0 Å². The zero-order valence-corrected chi connectivity index (χ0v) is 11.4. The maximum Gasteiger partial charge on any atom is 0.178 e. The van der Waals surface area contributed by atoms with Crippen molar-refractivity contribution < 1.29 is 4.39 Å². The van der Waals surface area contributed by atoms with Crippen LogP contribution in [0.15, 0.2) is 42.5 Å². The molecule has 0 radical (unpaired) electrons. The predicted molar refractivity (Wildman–Crippen MR) is 77.6 cm³/mol.